The van der Waals surface area contributed by atoms with Gasteiger partial charge in [-0.15, -0.1) is 0 Å². The number of nitrogens with zero attached hydrogens (tertiary/aromatic N) is 4. The highest BCUT2D eigenvalue weighted by Crippen LogP contribution is 2.20. The van der Waals surface area contributed by atoms with Crippen molar-refractivity contribution < 1.29 is 0 Å². The van der Waals surface area contributed by atoms with Gasteiger partial charge in [0, 0.05) is 68.8 Å². The molecule has 0 N–H and O–H groups in total. The lowest BCUT2D eigenvalue weighted by atomic mass is 10.2. The fraction of sp³-hybridized carbons (Fsp3) is 0.478. The highest BCUT2D eigenvalue weighted by Gasteiger charge is 2.19. The fourth-order valence-corrected chi connectivity index (χ4v) is 4.39. The number of para-hydroxylation sites is 1. The van der Waals surface area contributed by atoms with Crippen LogP contribution in [0.15, 0.2) is 54.6 Å². The Morgan fingerprint density at radius 1 is 0.571 bits per heavy atom. The first kappa shape index (κ1) is 19.6. The van der Waals surface area contributed by atoms with Crippen LogP contribution < -0.4 is 9.80 Å². The molecule has 2 heterocycles. The SMILES string of the molecule is Clc1ccc(N2CCN(CCCN3CCN(c4ccccc4)CC3)CC2)cc1. The van der Waals surface area contributed by atoms with Gasteiger partial charge < -0.3 is 9.80 Å². The maximum Gasteiger partial charge on any atom is 0.0407 e. The van der Waals surface area contributed by atoms with Crippen LogP contribution in [0.5, 0.6) is 0 Å². The van der Waals surface area contributed by atoms with Crippen LogP contribution in [-0.2, 0) is 0 Å². The lowest BCUT2D eigenvalue weighted by Crippen LogP contribution is -2.48. The molecule has 2 aliphatic rings. The van der Waals surface area contributed by atoms with Crippen LogP contribution in [0.2, 0.25) is 5.02 Å². The quantitative estimate of drug-likeness (QED) is 0.735. The molecule has 0 bridgehead atoms. The lowest BCUT2D eigenvalue weighted by molar-refractivity contribution is 0.213. The second-order valence-electron chi connectivity index (χ2n) is 7.82. The summed E-state index contributed by atoms with van der Waals surface area (Å²) in [4.78, 5) is 10.2. The monoisotopic (exact) mass is 398 g/mol. The Morgan fingerprint density at radius 2 is 1.04 bits per heavy atom. The normalized spacial score (nSPS) is 19.2. The third-order valence-electron chi connectivity index (χ3n) is 6.01. The molecule has 150 valence electrons. The molecular weight excluding hydrogens is 368 g/mol. The van der Waals surface area contributed by atoms with Crippen LogP contribution in [0.1, 0.15) is 6.42 Å². The van der Waals surface area contributed by atoms with Crippen LogP contribution in [0.25, 0.3) is 0 Å². The van der Waals surface area contributed by atoms with Gasteiger partial charge in [-0.2, -0.15) is 0 Å². The van der Waals surface area contributed by atoms with Crippen molar-refractivity contribution in [1.29, 1.82) is 0 Å². The Bertz CT molecular complexity index is 705. The highest BCUT2D eigenvalue weighted by molar-refractivity contribution is 6.30. The molecule has 4 rings (SSSR count). The molecule has 0 spiro atoms. The predicted molar refractivity (Wildman–Crippen MR) is 120 cm³/mol. The Balaban J connectivity index is 1.13. The summed E-state index contributed by atoms with van der Waals surface area (Å²) < 4.78 is 0. The molecule has 2 aromatic carbocycles. The molecule has 0 saturated carbocycles. The van der Waals surface area contributed by atoms with Gasteiger partial charge in [0.1, 0.15) is 0 Å². The van der Waals surface area contributed by atoms with E-state index in [9.17, 15) is 0 Å². The van der Waals surface area contributed by atoms with Crippen LogP contribution in [0, 0.1) is 0 Å². The molecular formula is C23H31ClN4. The topological polar surface area (TPSA) is 13.0 Å². The summed E-state index contributed by atoms with van der Waals surface area (Å²) in [6.45, 7) is 11.6. The van der Waals surface area contributed by atoms with Crippen molar-refractivity contribution in [2.75, 3.05) is 75.2 Å². The minimum atomic E-state index is 0.812. The van der Waals surface area contributed by atoms with Gasteiger partial charge in [0.2, 0.25) is 0 Å². The number of piperazine rings is 2. The summed E-state index contributed by atoms with van der Waals surface area (Å²) in [5, 5.41) is 0.812. The maximum absolute atomic E-state index is 6.00. The molecule has 0 radical (unpaired) electrons. The van der Waals surface area contributed by atoms with Crippen LogP contribution in [0.4, 0.5) is 11.4 Å². The number of hydrogen-bond donors (Lipinski definition) is 0. The van der Waals surface area contributed by atoms with Crippen molar-refractivity contribution in [3.63, 3.8) is 0 Å². The van der Waals surface area contributed by atoms with E-state index in [2.05, 4.69) is 62.1 Å². The van der Waals surface area contributed by atoms with Gasteiger partial charge in [-0.05, 0) is 55.9 Å². The first-order valence-electron chi connectivity index (χ1n) is 10.5. The van der Waals surface area contributed by atoms with Crippen molar-refractivity contribution in [1.82, 2.24) is 9.80 Å². The highest BCUT2D eigenvalue weighted by atomic mass is 35.5. The van der Waals surface area contributed by atoms with Gasteiger partial charge in [-0.3, -0.25) is 9.80 Å². The predicted octanol–water partition coefficient (Wildman–Crippen LogP) is 3.67. The lowest BCUT2D eigenvalue weighted by Gasteiger charge is -2.38. The molecule has 5 heteroatoms. The van der Waals surface area contributed by atoms with Crippen molar-refractivity contribution >= 4 is 23.0 Å². The second kappa shape index (κ2) is 9.64. The Hall–Kier alpha value is -1.75. The molecule has 2 saturated heterocycles. The standard InChI is InChI=1S/C23H31ClN4/c24-21-7-9-23(10-8-21)28-19-15-26(16-20-28)12-4-11-25-13-17-27(18-14-25)22-5-2-1-3-6-22/h1-3,5-10H,4,11-20H2. The van der Waals surface area contributed by atoms with Gasteiger partial charge >= 0.3 is 0 Å². The van der Waals surface area contributed by atoms with Crippen LogP contribution in [0.3, 0.4) is 0 Å². The van der Waals surface area contributed by atoms with Crippen molar-refractivity contribution in [2.24, 2.45) is 0 Å². The van der Waals surface area contributed by atoms with E-state index < -0.39 is 0 Å². The van der Waals surface area contributed by atoms with E-state index in [0.717, 1.165) is 44.3 Å². The van der Waals surface area contributed by atoms with Crippen molar-refractivity contribution in [3.05, 3.63) is 59.6 Å². The van der Waals surface area contributed by atoms with Gasteiger partial charge in [-0.1, -0.05) is 29.8 Å². The second-order valence-corrected chi connectivity index (χ2v) is 8.26. The van der Waals surface area contributed by atoms with E-state index in [1.165, 1.54) is 44.0 Å². The number of rotatable bonds is 6. The minimum Gasteiger partial charge on any atom is -0.369 e. The molecule has 2 aliphatic heterocycles. The zero-order valence-electron chi connectivity index (χ0n) is 16.6. The van der Waals surface area contributed by atoms with Gasteiger partial charge in [0.05, 0.1) is 0 Å². The number of anilines is 2. The van der Waals surface area contributed by atoms with Crippen LogP contribution in [-0.4, -0.2) is 75.2 Å². The fourth-order valence-electron chi connectivity index (χ4n) is 4.27. The largest absolute Gasteiger partial charge is 0.369 e. The summed E-state index contributed by atoms with van der Waals surface area (Å²) in [6.07, 6.45) is 1.27. The van der Waals surface area contributed by atoms with Crippen LogP contribution >= 0.6 is 11.6 Å². The Labute approximate surface area is 174 Å². The zero-order valence-corrected chi connectivity index (χ0v) is 17.4. The molecule has 0 atom stereocenters. The first-order chi connectivity index (χ1) is 13.8. The summed E-state index contributed by atoms with van der Waals surface area (Å²) >= 11 is 6.00. The average molecular weight is 399 g/mol. The minimum absolute atomic E-state index is 0.812. The Kier molecular flexibility index (Phi) is 6.73. The molecule has 0 unspecified atom stereocenters. The average Bonchev–Trinajstić information content (AvgIpc) is 2.76. The Morgan fingerprint density at radius 3 is 1.54 bits per heavy atom. The van der Waals surface area contributed by atoms with E-state index in [4.69, 9.17) is 11.6 Å². The van der Waals surface area contributed by atoms with E-state index >= 15 is 0 Å². The number of hydrogen-bond acceptors (Lipinski definition) is 4. The third-order valence-corrected chi connectivity index (χ3v) is 6.26. The smallest absolute Gasteiger partial charge is 0.0407 e. The van der Waals surface area contributed by atoms with Crippen molar-refractivity contribution in [3.8, 4) is 0 Å². The van der Waals surface area contributed by atoms with E-state index in [1.807, 2.05) is 12.1 Å². The van der Waals surface area contributed by atoms with Gasteiger partial charge in [0.15, 0.2) is 0 Å². The summed E-state index contributed by atoms with van der Waals surface area (Å²) in [5.41, 5.74) is 2.65. The molecule has 28 heavy (non-hydrogen) atoms. The van der Waals surface area contributed by atoms with Crippen molar-refractivity contribution in [2.45, 2.75) is 6.42 Å². The van der Waals surface area contributed by atoms with Gasteiger partial charge in [0.25, 0.3) is 0 Å². The molecule has 0 amide bonds. The number of benzene rings is 2. The summed E-state index contributed by atoms with van der Waals surface area (Å²) in [5.74, 6) is 0. The zero-order chi connectivity index (χ0) is 19.2. The van der Waals surface area contributed by atoms with E-state index in [-0.39, 0.29) is 0 Å². The number of halogens is 1. The molecule has 0 aromatic heterocycles. The third kappa shape index (κ3) is 5.19. The summed E-state index contributed by atoms with van der Waals surface area (Å²) in [6, 6.07) is 19.0. The van der Waals surface area contributed by atoms with E-state index in [0.29, 0.717) is 0 Å². The molecule has 4 nitrogen and oxygen atoms in total. The maximum atomic E-state index is 6.00. The van der Waals surface area contributed by atoms with E-state index in [1.54, 1.807) is 0 Å². The molecule has 2 fully saturated rings. The van der Waals surface area contributed by atoms with Gasteiger partial charge in [-0.25, -0.2) is 0 Å². The summed E-state index contributed by atoms with van der Waals surface area (Å²) in [7, 11) is 0. The first-order valence-corrected chi connectivity index (χ1v) is 10.9. The molecule has 2 aromatic rings. The molecule has 0 aliphatic carbocycles.